The van der Waals surface area contributed by atoms with Gasteiger partial charge in [-0.3, -0.25) is 4.79 Å². The number of urea groups is 1. The minimum absolute atomic E-state index is 0.271. The van der Waals surface area contributed by atoms with Crippen LogP contribution in [0.25, 0.3) is 0 Å². The zero-order valence-electron chi connectivity index (χ0n) is 9.36. The molecule has 1 rings (SSSR count). The third-order valence-corrected chi connectivity index (χ3v) is 2.46. The second-order valence-electron chi connectivity index (χ2n) is 3.63. The maximum atomic E-state index is 11.6. The van der Waals surface area contributed by atoms with Gasteiger partial charge in [-0.15, -0.1) is 0 Å². The van der Waals surface area contributed by atoms with Gasteiger partial charge in [-0.05, 0) is 26.2 Å². The summed E-state index contributed by atoms with van der Waals surface area (Å²) < 4.78 is 4.95. The number of nitrogens with two attached hydrogens (primary N) is 1. The summed E-state index contributed by atoms with van der Waals surface area (Å²) in [4.78, 5) is 22.1. The summed E-state index contributed by atoms with van der Waals surface area (Å²) in [6.07, 6.45) is 3.36. The smallest absolute Gasteiger partial charge is 0.332 e. The molecule has 0 aromatic carbocycles. The van der Waals surface area contributed by atoms with Crippen molar-refractivity contribution in [1.29, 1.82) is 0 Å². The van der Waals surface area contributed by atoms with Crippen molar-refractivity contribution in [1.82, 2.24) is 5.43 Å². The van der Waals surface area contributed by atoms with Crippen LogP contribution in [0.1, 0.15) is 32.6 Å². The van der Waals surface area contributed by atoms with E-state index in [1.165, 1.54) is 0 Å². The van der Waals surface area contributed by atoms with Gasteiger partial charge in [-0.2, -0.15) is 5.10 Å². The first-order chi connectivity index (χ1) is 7.65. The van der Waals surface area contributed by atoms with Crippen LogP contribution in [0.3, 0.4) is 0 Å². The number of carbonyl (C=O) groups is 2. The maximum Gasteiger partial charge on any atom is 0.332 e. The van der Waals surface area contributed by atoms with Crippen LogP contribution < -0.4 is 11.2 Å². The molecule has 1 unspecified atom stereocenters. The molecule has 0 aromatic rings. The van der Waals surface area contributed by atoms with Crippen LogP contribution in [-0.2, 0) is 9.53 Å². The van der Waals surface area contributed by atoms with Crippen LogP contribution in [-0.4, -0.2) is 24.3 Å². The number of hydrogen-bond donors (Lipinski definition) is 2. The molecule has 1 saturated carbocycles. The summed E-state index contributed by atoms with van der Waals surface area (Å²) >= 11 is 0. The van der Waals surface area contributed by atoms with Gasteiger partial charge >= 0.3 is 12.0 Å². The van der Waals surface area contributed by atoms with Gasteiger partial charge in [-0.1, -0.05) is 6.42 Å². The lowest BCUT2D eigenvalue weighted by atomic mass is 9.87. The molecule has 0 aliphatic heterocycles. The number of rotatable bonds is 3. The Hall–Kier alpha value is -1.59. The lowest BCUT2D eigenvalue weighted by Gasteiger charge is -2.21. The highest BCUT2D eigenvalue weighted by Crippen LogP contribution is 2.22. The lowest BCUT2D eigenvalue weighted by Crippen LogP contribution is -2.33. The molecule has 1 atom stereocenters. The summed E-state index contributed by atoms with van der Waals surface area (Å²) in [5.41, 5.74) is 7.73. The normalized spacial score (nSPS) is 22.8. The van der Waals surface area contributed by atoms with Gasteiger partial charge < -0.3 is 10.5 Å². The fraction of sp³-hybridized carbons (Fsp3) is 0.700. The standard InChI is InChI=1S/C10H17N3O3/c1-2-16-9(14)7-5-3-4-6-8(7)12-13-10(11)15/h7H,2-6H2,1H3,(H3,11,13,15)/b12-8+. The van der Waals surface area contributed by atoms with Gasteiger partial charge in [0.05, 0.1) is 18.2 Å². The van der Waals surface area contributed by atoms with E-state index in [-0.39, 0.29) is 11.9 Å². The second-order valence-corrected chi connectivity index (χ2v) is 3.63. The molecule has 1 aliphatic carbocycles. The van der Waals surface area contributed by atoms with Gasteiger partial charge in [0.1, 0.15) is 0 Å². The number of hydrogen-bond acceptors (Lipinski definition) is 4. The first kappa shape index (κ1) is 12.5. The number of carbonyl (C=O) groups excluding carboxylic acids is 2. The average Bonchev–Trinajstić information content (AvgIpc) is 2.27. The summed E-state index contributed by atoms with van der Waals surface area (Å²) in [5, 5.41) is 3.86. The number of amides is 2. The van der Waals surface area contributed by atoms with Crippen LogP contribution >= 0.6 is 0 Å². The Morgan fingerprint density at radius 2 is 2.31 bits per heavy atom. The molecule has 0 spiro atoms. The van der Waals surface area contributed by atoms with Crippen LogP contribution in [0.4, 0.5) is 4.79 Å². The summed E-state index contributed by atoms with van der Waals surface area (Å²) in [7, 11) is 0. The molecule has 0 radical (unpaired) electrons. The summed E-state index contributed by atoms with van der Waals surface area (Å²) in [6, 6.07) is -0.722. The Morgan fingerprint density at radius 3 is 2.94 bits per heavy atom. The van der Waals surface area contributed by atoms with Gasteiger partial charge in [0, 0.05) is 0 Å². The molecule has 1 aliphatic rings. The number of nitrogens with one attached hydrogen (secondary N) is 1. The fourth-order valence-corrected chi connectivity index (χ4v) is 1.75. The Labute approximate surface area is 94.2 Å². The molecule has 1 fully saturated rings. The number of ether oxygens (including phenoxy) is 1. The molecule has 90 valence electrons. The molecule has 0 saturated heterocycles. The van der Waals surface area contributed by atoms with Gasteiger partial charge in [0.25, 0.3) is 0 Å². The summed E-state index contributed by atoms with van der Waals surface area (Å²) in [6.45, 7) is 2.12. The minimum Gasteiger partial charge on any atom is -0.465 e. The van der Waals surface area contributed by atoms with E-state index >= 15 is 0 Å². The average molecular weight is 227 g/mol. The van der Waals surface area contributed by atoms with Gasteiger partial charge in [0.2, 0.25) is 0 Å². The molecular weight excluding hydrogens is 210 g/mol. The quantitative estimate of drug-likeness (QED) is 0.550. The zero-order valence-corrected chi connectivity index (χ0v) is 9.36. The van der Waals surface area contributed by atoms with Crippen molar-refractivity contribution in [3.63, 3.8) is 0 Å². The highest BCUT2D eigenvalue weighted by molar-refractivity contribution is 6.02. The highest BCUT2D eigenvalue weighted by Gasteiger charge is 2.28. The summed E-state index contributed by atoms with van der Waals surface area (Å²) in [5.74, 6) is -0.604. The van der Waals surface area contributed by atoms with Crippen LogP contribution in [0, 0.1) is 5.92 Å². The number of hydrazone groups is 1. The first-order valence-electron chi connectivity index (χ1n) is 5.43. The third-order valence-electron chi connectivity index (χ3n) is 2.46. The fourth-order valence-electron chi connectivity index (χ4n) is 1.75. The highest BCUT2D eigenvalue weighted by atomic mass is 16.5. The van der Waals surface area contributed by atoms with E-state index in [0.717, 1.165) is 19.3 Å². The molecule has 2 amide bonds. The first-order valence-corrected chi connectivity index (χ1v) is 5.43. The van der Waals surface area contributed by atoms with Gasteiger partial charge in [0.15, 0.2) is 0 Å². The third kappa shape index (κ3) is 3.52. The van der Waals surface area contributed by atoms with Crippen molar-refractivity contribution in [2.75, 3.05) is 6.61 Å². The van der Waals surface area contributed by atoms with Crippen molar-refractivity contribution in [3.05, 3.63) is 0 Å². The van der Waals surface area contributed by atoms with E-state index in [1.54, 1.807) is 6.92 Å². The molecule has 0 bridgehead atoms. The monoisotopic (exact) mass is 227 g/mol. The SMILES string of the molecule is CCOC(=O)C1CCCC/C1=N\NC(N)=O. The van der Waals surface area contributed by atoms with Crippen molar-refractivity contribution < 1.29 is 14.3 Å². The number of nitrogens with zero attached hydrogens (tertiary/aromatic N) is 1. The predicted molar refractivity (Wildman–Crippen MR) is 58.7 cm³/mol. The Morgan fingerprint density at radius 1 is 1.56 bits per heavy atom. The van der Waals surface area contributed by atoms with Crippen LogP contribution in [0.2, 0.25) is 0 Å². The largest absolute Gasteiger partial charge is 0.465 e. The Kier molecular flexibility index (Phi) is 4.75. The molecule has 6 nitrogen and oxygen atoms in total. The van der Waals surface area contributed by atoms with E-state index in [2.05, 4.69) is 10.5 Å². The molecule has 6 heteroatoms. The van der Waals surface area contributed by atoms with E-state index in [1.807, 2.05) is 0 Å². The van der Waals surface area contributed by atoms with E-state index in [4.69, 9.17) is 10.5 Å². The number of esters is 1. The molecular formula is C10H17N3O3. The predicted octanol–water partition coefficient (Wildman–Crippen LogP) is 0.764. The minimum atomic E-state index is -0.722. The molecule has 16 heavy (non-hydrogen) atoms. The van der Waals surface area contributed by atoms with E-state index < -0.39 is 6.03 Å². The van der Waals surface area contributed by atoms with Crippen molar-refractivity contribution in [3.8, 4) is 0 Å². The Bertz CT molecular complexity index is 302. The van der Waals surface area contributed by atoms with E-state index in [0.29, 0.717) is 18.7 Å². The molecule has 0 heterocycles. The maximum absolute atomic E-state index is 11.6. The molecule has 0 aromatic heterocycles. The van der Waals surface area contributed by atoms with Crippen molar-refractivity contribution in [2.45, 2.75) is 32.6 Å². The number of primary amides is 1. The van der Waals surface area contributed by atoms with E-state index in [9.17, 15) is 9.59 Å². The zero-order chi connectivity index (χ0) is 12.0. The van der Waals surface area contributed by atoms with Crippen molar-refractivity contribution >= 4 is 17.7 Å². The van der Waals surface area contributed by atoms with Crippen LogP contribution in [0.15, 0.2) is 5.10 Å². The van der Waals surface area contributed by atoms with Crippen LogP contribution in [0.5, 0.6) is 0 Å². The van der Waals surface area contributed by atoms with Crippen molar-refractivity contribution in [2.24, 2.45) is 16.8 Å². The Balaban J connectivity index is 2.66. The van der Waals surface area contributed by atoms with Gasteiger partial charge in [-0.25, -0.2) is 10.2 Å². The topological polar surface area (TPSA) is 93.8 Å². The lowest BCUT2D eigenvalue weighted by molar-refractivity contribution is -0.146. The second kappa shape index (κ2) is 6.09. The molecule has 3 N–H and O–H groups in total.